The molecule has 0 radical (unpaired) electrons. The molecule has 7 nitrogen and oxygen atoms in total. The zero-order valence-corrected chi connectivity index (χ0v) is 14.4. The Morgan fingerprint density at radius 2 is 1.75 bits per heavy atom. The lowest BCUT2D eigenvalue weighted by molar-refractivity contribution is 0.000289. The molecular formula is C17H29N5O2. The molecule has 1 aromatic rings. The Kier molecular flexibility index (Phi) is 5.10. The number of tetrazole rings is 1. The van der Waals surface area contributed by atoms with E-state index >= 15 is 0 Å². The molecule has 24 heavy (non-hydrogen) atoms. The SMILES string of the molecule is OC[C@@H]1CC[C@@H](c2nnnn2C2CCCCC2)N1C1CCOCC1. The van der Waals surface area contributed by atoms with E-state index < -0.39 is 0 Å². The van der Waals surface area contributed by atoms with Crippen LogP contribution in [-0.4, -0.2) is 62.1 Å². The fraction of sp³-hybridized carbons (Fsp3) is 0.941. The lowest BCUT2D eigenvalue weighted by Crippen LogP contribution is -2.45. The van der Waals surface area contributed by atoms with Gasteiger partial charge in [0.25, 0.3) is 0 Å². The van der Waals surface area contributed by atoms with Crippen LogP contribution in [0.1, 0.15) is 75.7 Å². The summed E-state index contributed by atoms with van der Waals surface area (Å²) in [7, 11) is 0. The predicted molar refractivity (Wildman–Crippen MR) is 88.5 cm³/mol. The van der Waals surface area contributed by atoms with Crippen LogP contribution >= 0.6 is 0 Å². The lowest BCUT2D eigenvalue weighted by atomic mass is 9.95. The van der Waals surface area contributed by atoms with Gasteiger partial charge in [-0.1, -0.05) is 19.3 Å². The van der Waals surface area contributed by atoms with Gasteiger partial charge in [0, 0.05) is 25.3 Å². The van der Waals surface area contributed by atoms with E-state index in [2.05, 4.69) is 25.1 Å². The van der Waals surface area contributed by atoms with Crippen molar-refractivity contribution in [1.82, 2.24) is 25.1 Å². The molecule has 1 aliphatic carbocycles. The van der Waals surface area contributed by atoms with Gasteiger partial charge in [0.05, 0.1) is 18.7 Å². The number of hydrogen-bond acceptors (Lipinski definition) is 6. The number of aliphatic hydroxyl groups excluding tert-OH is 1. The summed E-state index contributed by atoms with van der Waals surface area (Å²) in [5, 5.41) is 22.7. The van der Waals surface area contributed by atoms with Gasteiger partial charge in [0.15, 0.2) is 5.82 Å². The van der Waals surface area contributed by atoms with Crippen molar-refractivity contribution in [2.75, 3.05) is 19.8 Å². The third-order valence-corrected chi connectivity index (χ3v) is 6.11. The number of nitrogens with zero attached hydrogens (tertiary/aromatic N) is 5. The summed E-state index contributed by atoms with van der Waals surface area (Å²) in [6.45, 7) is 1.86. The smallest absolute Gasteiger partial charge is 0.168 e. The maximum Gasteiger partial charge on any atom is 0.168 e. The van der Waals surface area contributed by atoms with Crippen LogP contribution in [-0.2, 0) is 4.74 Å². The van der Waals surface area contributed by atoms with E-state index in [1.807, 2.05) is 0 Å². The van der Waals surface area contributed by atoms with E-state index in [0.29, 0.717) is 12.1 Å². The molecule has 0 amide bonds. The minimum atomic E-state index is 0.221. The number of aromatic nitrogens is 4. The summed E-state index contributed by atoms with van der Waals surface area (Å²) < 4.78 is 7.65. The van der Waals surface area contributed by atoms with Gasteiger partial charge >= 0.3 is 0 Å². The van der Waals surface area contributed by atoms with E-state index in [-0.39, 0.29) is 18.7 Å². The maximum absolute atomic E-state index is 9.87. The molecule has 2 saturated heterocycles. The average molecular weight is 335 g/mol. The summed E-state index contributed by atoms with van der Waals surface area (Å²) in [5.74, 6) is 1.02. The Balaban J connectivity index is 1.58. The van der Waals surface area contributed by atoms with Crippen LogP contribution in [0.25, 0.3) is 0 Å². The van der Waals surface area contributed by atoms with Gasteiger partial charge in [-0.3, -0.25) is 4.90 Å². The Hall–Kier alpha value is -1.05. The first-order chi connectivity index (χ1) is 11.9. The van der Waals surface area contributed by atoms with Gasteiger partial charge in [-0.25, -0.2) is 4.68 Å². The largest absolute Gasteiger partial charge is 0.395 e. The molecule has 4 rings (SSSR count). The normalized spacial score (nSPS) is 30.9. The molecule has 1 saturated carbocycles. The zero-order chi connectivity index (χ0) is 16.4. The molecule has 0 spiro atoms. The Bertz CT molecular complexity index is 525. The first-order valence-electron chi connectivity index (χ1n) is 9.62. The fourth-order valence-electron chi connectivity index (χ4n) is 4.89. The molecule has 3 heterocycles. The van der Waals surface area contributed by atoms with E-state index in [0.717, 1.165) is 44.7 Å². The second kappa shape index (κ2) is 7.45. The molecule has 0 bridgehead atoms. The minimum Gasteiger partial charge on any atom is -0.395 e. The number of likely N-dealkylation sites (tertiary alicyclic amines) is 1. The van der Waals surface area contributed by atoms with Gasteiger partial charge in [-0.2, -0.15) is 0 Å². The van der Waals surface area contributed by atoms with Crippen LogP contribution in [0.5, 0.6) is 0 Å². The number of rotatable bonds is 4. The standard InChI is InChI=1S/C17H29N5O2/c23-12-15-6-7-16(21(15)13-8-10-24-11-9-13)17-18-19-20-22(17)14-4-2-1-3-5-14/h13-16,23H,1-12H2/t15-,16-/m0/s1. The van der Waals surface area contributed by atoms with Crippen molar-refractivity contribution in [1.29, 1.82) is 0 Å². The van der Waals surface area contributed by atoms with Gasteiger partial charge < -0.3 is 9.84 Å². The molecule has 0 aromatic carbocycles. The summed E-state index contributed by atoms with van der Waals surface area (Å²) in [6, 6.07) is 1.39. The number of aliphatic hydroxyl groups is 1. The number of ether oxygens (including phenoxy) is 1. The van der Waals surface area contributed by atoms with Crippen molar-refractivity contribution in [3.05, 3.63) is 5.82 Å². The van der Waals surface area contributed by atoms with E-state index in [9.17, 15) is 5.11 Å². The molecular weight excluding hydrogens is 306 g/mol. The van der Waals surface area contributed by atoms with E-state index in [1.54, 1.807) is 0 Å². The lowest BCUT2D eigenvalue weighted by Gasteiger charge is -2.38. The highest BCUT2D eigenvalue weighted by Gasteiger charge is 2.42. The van der Waals surface area contributed by atoms with Gasteiger partial charge in [0.1, 0.15) is 0 Å². The molecule has 3 aliphatic rings. The fourth-order valence-corrected chi connectivity index (χ4v) is 4.89. The Morgan fingerprint density at radius 3 is 2.50 bits per heavy atom. The first-order valence-corrected chi connectivity index (χ1v) is 9.62. The molecule has 0 unspecified atom stereocenters. The van der Waals surface area contributed by atoms with E-state index in [4.69, 9.17) is 4.74 Å². The second-order valence-corrected chi connectivity index (χ2v) is 7.49. The van der Waals surface area contributed by atoms with E-state index in [1.165, 1.54) is 32.1 Å². The maximum atomic E-state index is 9.87. The van der Waals surface area contributed by atoms with Gasteiger partial charge in [0.2, 0.25) is 0 Å². The molecule has 134 valence electrons. The molecule has 1 aromatic heterocycles. The summed E-state index contributed by atoms with van der Waals surface area (Å²) in [5.41, 5.74) is 0. The monoisotopic (exact) mass is 335 g/mol. The van der Waals surface area contributed by atoms with Crippen molar-refractivity contribution in [2.45, 2.75) is 82.0 Å². The second-order valence-electron chi connectivity index (χ2n) is 7.49. The van der Waals surface area contributed by atoms with Crippen molar-refractivity contribution in [2.24, 2.45) is 0 Å². The molecule has 1 N–H and O–H groups in total. The average Bonchev–Trinajstić information content (AvgIpc) is 3.29. The molecule has 3 fully saturated rings. The van der Waals surface area contributed by atoms with Crippen molar-refractivity contribution >= 4 is 0 Å². The summed E-state index contributed by atoms with van der Waals surface area (Å²) in [4.78, 5) is 2.51. The minimum absolute atomic E-state index is 0.221. The zero-order valence-electron chi connectivity index (χ0n) is 14.4. The van der Waals surface area contributed by atoms with Crippen LogP contribution in [0, 0.1) is 0 Å². The Labute approximate surface area is 143 Å². The van der Waals surface area contributed by atoms with Crippen molar-refractivity contribution in [3.63, 3.8) is 0 Å². The van der Waals surface area contributed by atoms with Gasteiger partial charge in [-0.15, -0.1) is 5.10 Å². The topological polar surface area (TPSA) is 76.3 Å². The van der Waals surface area contributed by atoms with Crippen LogP contribution in [0.15, 0.2) is 0 Å². The highest BCUT2D eigenvalue weighted by atomic mass is 16.5. The quantitative estimate of drug-likeness (QED) is 0.905. The van der Waals surface area contributed by atoms with Crippen molar-refractivity contribution in [3.8, 4) is 0 Å². The molecule has 2 aliphatic heterocycles. The molecule has 7 heteroatoms. The van der Waals surface area contributed by atoms with Crippen LogP contribution in [0.3, 0.4) is 0 Å². The highest BCUT2D eigenvalue weighted by Crippen LogP contribution is 2.40. The third-order valence-electron chi connectivity index (χ3n) is 6.11. The predicted octanol–water partition coefficient (Wildman–Crippen LogP) is 1.86. The summed E-state index contributed by atoms with van der Waals surface area (Å²) >= 11 is 0. The van der Waals surface area contributed by atoms with Crippen LogP contribution in [0.2, 0.25) is 0 Å². The summed E-state index contributed by atoms with van der Waals surface area (Å²) in [6.07, 6.45) is 10.4. The van der Waals surface area contributed by atoms with Crippen LogP contribution in [0.4, 0.5) is 0 Å². The highest BCUT2D eigenvalue weighted by molar-refractivity contribution is 5.03. The van der Waals surface area contributed by atoms with Crippen molar-refractivity contribution < 1.29 is 9.84 Å². The van der Waals surface area contributed by atoms with Crippen LogP contribution < -0.4 is 0 Å². The molecule has 2 atom stereocenters. The number of hydrogen-bond donors (Lipinski definition) is 1. The first kappa shape index (κ1) is 16.4. The Morgan fingerprint density at radius 1 is 0.958 bits per heavy atom. The van der Waals surface area contributed by atoms with Gasteiger partial charge in [-0.05, 0) is 49.0 Å². The third kappa shape index (κ3) is 3.09.